The maximum absolute atomic E-state index is 6.59. The molecule has 1 fully saturated rings. The first-order valence-electron chi connectivity index (χ1n) is 6.27. The Bertz CT molecular complexity index is 347. The number of nitrogens with two attached hydrogens (primary N) is 1. The van der Waals surface area contributed by atoms with E-state index in [0.29, 0.717) is 5.92 Å². The predicted octanol–water partition coefficient (Wildman–Crippen LogP) is 1.66. The van der Waals surface area contributed by atoms with Crippen molar-refractivity contribution in [1.29, 1.82) is 0 Å². The van der Waals surface area contributed by atoms with E-state index in [4.69, 9.17) is 5.73 Å². The SMILES string of the molecule is CCC1CCCCC1(N)Cc1ncnn1C. The second-order valence-corrected chi connectivity index (χ2v) is 5.06. The van der Waals surface area contributed by atoms with Crippen LogP contribution in [0.4, 0.5) is 0 Å². The van der Waals surface area contributed by atoms with Crippen LogP contribution >= 0.6 is 0 Å². The zero-order valence-electron chi connectivity index (χ0n) is 10.3. The zero-order valence-corrected chi connectivity index (χ0v) is 10.3. The molecular formula is C12H22N4. The Morgan fingerprint density at radius 2 is 2.38 bits per heavy atom. The van der Waals surface area contributed by atoms with Gasteiger partial charge in [-0.15, -0.1) is 0 Å². The minimum atomic E-state index is -0.0617. The number of aryl methyl sites for hydroxylation is 1. The molecule has 2 rings (SSSR count). The summed E-state index contributed by atoms with van der Waals surface area (Å²) in [6, 6.07) is 0. The highest BCUT2D eigenvalue weighted by Crippen LogP contribution is 2.35. The minimum Gasteiger partial charge on any atom is -0.324 e. The lowest BCUT2D eigenvalue weighted by Gasteiger charge is -2.40. The maximum Gasteiger partial charge on any atom is 0.138 e. The van der Waals surface area contributed by atoms with Crippen LogP contribution in [-0.4, -0.2) is 20.3 Å². The van der Waals surface area contributed by atoms with Crippen molar-refractivity contribution in [3.05, 3.63) is 12.2 Å². The second kappa shape index (κ2) is 4.53. The van der Waals surface area contributed by atoms with Crippen molar-refractivity contribution in [1.82, 2.24) is 14.8 Å². The van der Waals surface area contributed by atoms with Gasteiger partial charge >= 0.3 is 0 Å². The van der Waals surface area contributed by atoms with Gasteiger partial charge in [-0.2, -0.15) is 5.10 Å². The van der Waals surface area contributed by atoms with E-state index < -0.39 is 0 Å². The van der Waals surface area contributed by atoms with Crippen molar-refractivity contribution < 1.29 is 0 Å². The van der Waals surface area contributed by atoms with Crippen LogP contribution in [0.15, 0.2) is 6.33 Å². The van der Waals surface area contributed by atoms with E-state index in [1.807, 2.05) is 11.7 Å². The van der Waals surface area contributed by atoms with E-state index in [0.717, 1.165) is 18.7 Å². The highest BCUT2D eigenvalue weighted by molar-refractivity contribution is 5.02. The molecule has 1 aromatic heterocycles. The lowest BCUT2D eigenvalue weighted by molar-refractivity contribution is 0.178. The van der Waals surface area contributed by atoms with Gasteiger partial charge in [-0.25, -0.2) is 4.98 Å². The first kappa shape index (κ1) is 11.6. The highest BCUT2D eigenvalue weighted by atomic mass is 15.3. The average molecular weight is 222 g/mol. The first-order chi connectivity index (χ1) is 7.65. The summed E-state index contributed by atoms with van der Waals surface area (Å²) in [7, 11) is 1.94. The molecule has 2 N–H and O–H groups in total. The molecule has 1 saturated carbocycles. The summed E-state index contributed by atoms with van der Waals surface area (Å²) in [6.07, 6.45) is 8.63. The van der Waals surface area contributed by atoms with Gasteiger partial charge in [0.2, 0.25) is 0 Å². The maximum atomic E-state index is 6.59. The van der Waals surface area contributed by atoms with Crippen LogP contribution in [0.2, 0.25) is 0 Å². The molecule has 1 aliphatic rings. The molecule has 16 heavy (non-hydrogen) atoms. The Labute approximate surface area is 97.2 Å². The molecule has 2 unspecified atom stereocenters. The highest BCUT2D eigenvalue weighted by Gasteiger charge is 2.37. The van der Waals surface area contributed by atoms with Gasteiger partial charge < -0.3 is 5.73 Å². The number of hydrogen-bond acceptors (Lipinski definition) is 3. The molecular weight excluding hydrogens is 200 g/mol. The summed E-state index contributed by atoms with van der Waals surface area (Å²) < 4.78 is 1.84. The monoisotopic (exact) mass is 222 g/mol. The number of hydrogen-bond donors (Lipinski definition) is 1. The Hall–Kier alpha value is -0.900. The summed E-state index contributed by atoms with van der Waals surface area (Å²) >= 11 is 0. The van der Waals surface area contributed by atoms with Gasteiger partial charge in [0.15, 0.2) is 0 Å². The summed E-state index contributed by atoms with van der Waals surface area (Å²) in [4.78, 5) is 4.30. The van der Waals surface area contributed by atoms with Crippen LogP contribution in [0.3, 0.4) is 0 Å². The first-order valence-corrected chi connectivity index (χ1v) is 6.27. The van der Waals surface area contributed by atoms with Gasteiger partial charge in [-0.1, -0.05) is 26.2 Å². The van der Waals surface area contributed by atoms with Crippen molar-refractivity contribution >= 4 is 0 Å². The van der Waals surface area contributed by atoms with Gasteiger partial charge in [-0.05, 0) is 18.8 Å². The Balaban J connectivity index is 2.14. The number of nitrogens with zero attached hydrogens (tertiary/aromatic N) is 3. The molecule has 2 atom stereocenters. The number of aromatic nitrogens is 3. The predicted molar refractivity (Wildman–Crippen MR) is 63.9 cm³/mol. The smallest absolute Gasteiger partial charge is 0.138 e. The van der Waals surface area contributed by atoms with E-state index >= 15 is 0 Å². The van der Waals surface area contributed by atoms with Gasteiger partial charge in [0, 0.05) is 19.0 Å². The largest absolute Gasteiger partial charge is 0.324 e. The zero-order chi connectivity index (χ0) is 11.6. The van der Waals surface area contributed by atoms with Crippen LogP contribution in [-0.2, 0) is 13.5 Å². The minimum absolute atomic E-state index is 0.0617. The topological polar surface area (TPSA) is 56.7 Å². The summed E-state index contributed by atoms with van der Waals surface area (Å²) in [6.45, 7) is 2.24. The van der Waals surface area contributed by atoms with E-state index in [9.17, 15) is 0 Å². The molecule has 1 aromatic rings. The van der Waals surface area contributed by atoms with E-state index in [-0.39, 0.29) is 5.54 Å². The molecule has 0 bridgehead atoms. The third kappa shape index (κ3) is 2.12. The van der Waals surface area contributed by atoms with Crippen LogP contribution < -0.4 is 5.73 Å². The van der Waals surface area contributed by atoms with Crippen molar-refractivity contribution in [2.75, 3.05) is 0 Å². The van der Waals surface area contributed by atoms with Crippen molar-refractivity contribution in [2.24, 2.45) is 18.7 Å². The van der Waals surface area contributed by atoms with Crippen LogP contribution in [0.5, 0.6) is 0 Å². The number of rotatable bonds is 3. The van der Waals surface area contributed by atoms with Crippen molar-refractivity contribution in [3.8, 4) is 0 Å². The van der Waals surface area contributed by atoms with Gasteiger partial charge in [-0.3, -0.25) is 4.68 Å². The molecule has 0 aromatic carbocycles. The fourth-order valence-electron chi connectivity index (χ4n) is 2.95. The fourth-order valence-corrected chi connectivity index (χ4v) is 2.95. The third-order valence-corrected chi connectivity index (χ3v) is 4.04. The normalized spacial score (nSPS) is 30.6. The summed E-state index contributed by atoms with van der Waals surface area (Å²) in [5.41, 5.74) is 6.53. The quantitative estimate of drug-likeness (QED) is 0.846. The Kier molecular flexibility index (Phi) is 3.28. The molecule has 0 radical (unpaired) electrons. The van der Waals surface area contributed by atoms with Gasteiger partial charge in [0.25, 0.3) is 0 Å². The Morgan fingerprint density at radius 3 is 3.00 bits per heavy atom. The summed E-state index contributed by atoms with van der Waals surface area (Å²) in [5, 5.41) is 4.11. The van der Waals surface area contributed by atoms with Crippen LogP contribution in [0, 0.1) is 5.92 Å². The molecule has 90 valence electrons. The van der Waals surface area contributed by atoms with Crippen LogP contribution in [0.25, 0.3) is 0 Å². The second-order valence-electron chi connectivity index (χ2n) is 5.06. The van der Waals surface area contributed by atoms with Crippen molar-refractivity contribution in [3.63, 3.8) is 0 Å². The lowest BCUT2D eigenvalue weighted by atomic mass is 9.70. The standard InChI is InChI=1S/C12H22N4/c1-3-10-6-4-5-7-12(10,13)8-11-14-9-15-16(11)2/h9-10H,3-8,13H2,1-2H3. The average Bonchev–Trinajstić information content (AvgIpc) is 2.64. The van der Waals surface area contributed by atoms with Gasteiger partial charge in [0.1, 0.15) is 12.2 Å². The molecule has 0 aliphatic heterocycles. The van der Waals surface area contributed by atoms with Gasteiger partial charge in [0.05, 0.1) is 0 Å². The van der Waals surface area contributed by atoms with E-state index in [2.05, 4.69) is 17.0 Å². The lowest BCUT2D eigenvalue weighted by Crippen LogP contribution is -2.51. The fraction of sp³-hybridized carbons (Fsp3) is 0.833. The third-order valence-electron chi connectivity index (χ3n) is 4.04. The molecule has 1 heterocycles. The van der Waals surface area contributed by atoms with E-state index in [1.54, 1.807) is 6.33 Å². The molecule has 0 amide bonds. The molecule has 4 nitrogen and oxygen atoms in total. The molecule has 0 saturated heterocycles. The molecule has 0 spiro atoms. The van der Waals surface area contributed by atoms with Crippen LogP contribution in [0.1, 0.15) is 44.9 Å². The van der Waals surface area contributed by atoms with E-state index in [1.165, 1.54) is 25.7 Å². The summed E-state index contributed by atoms with van der Waals surface area (Å²) in [5.74, 6) is 1.65. The Morgan fingerprint density at radius 1 is 1.56 bits per heavy atom. The molecule has 1 aliphatic carbocycles. The molecule has 4 heteroatoms. The van der Waals surface area contributed by atoms with Crippen molar-refractivity contribution in [2.45, 2.75) is 51.0 Å².